The zero-order chi connectivity index (χ0) is 18.7. The largest absolute Gasteiger partial charge is 0.460 e. The molecule has 5 heteroatoms. The number of furan rings is 1. The summed E-state index contributed by atoms with van der Waals surface area (Å²) in [7, 11) is 0. The maximum atomic E-state index is 12.4. The van der Waals surface area contributed by atoms with Crippen molar-refractivity contribution in [2.75, 3.05) is 13.2 Å². The molecule has 0 N–H and O–H groups in total. The second-order valence-electron chi connectivity index (χ2n) is 6.20. The molecule has 0 radical (unpaired) electrons. The van der Waals surface area contributed by atoms with Gasteiger partial charge >= 0.3 is 11.9 Å². The average Bonchev–Trinajstić information content (AvgIpc) is 2.99. The molecule has 0 saturated carbocycles. The van der Waals surface area contributed by atoms with Gasteiger partial charge in [0.2, 0.25) is 11.5 Å². The Morgan fingerprint density at radius 2 is 1.12 bits per heavy atom. The van der Waals surface area contributed by atoms with Crippen molar-refractivity contribution in [1.82, 2.24) is 0 Å². The van der Waals surface area contributed by atoms with E-state index in [9.17, 15) is 9.59 Å². The highest BCUT2D eigenvalue weighted by Gasteiger charge is 2.29. The molecule has 0 spiro atoms. The first-order valence-electron chi connectivity index (χ1n) is 9.59. The Bertz CT molecular complexity index is 498. The topological polar surface area (TPSA) is 65.7 Å². The number of hydrogen-bond acceptors (Lipinski definition) is 5. The molecule has 0 aliphatic heterocycles. The molecule has 0 unspecified atom stereocenters. The molecular formula is C20H32O5. The number of rotatable bonds is 12. The highest BCUT2D eigenvalue weighted by Crippen LogP contribution is 2.28. The van der Waals surface area contributed by atoms with Crippen molar-refractivity contribution in [2.24, 2.45) is 0 Å². The quantitative estimate of drug-likeness (QED) is 0.490. The van der Waals surface area contributed by atoms with Crippen LogP contribution in [0.2, 0.25) is 0 Å². The molecule has 0 amide bonds. The average molecular weight is 352 g/mol. The monoisotopic (exact) mass is 352 g/mol. The van der Waals surface area contributed by atoms with Crippen LogP contribution < -0.4 is 0 Å². The minimum Gasteiger partial charge on any atom is -0.460 e. The van der Waals surface area contributed by atoms with Gasteiger partial charge in [0.05, 0.1) is 13.2 Å². The molecule has 0 bridgehead atoms. The Morgan fingerprint density at radius 1 is 0.720 bits per heavy atom. The lowest BCUT2D eigenvalue weighted by Crippen LogP contribution is -2.08. The maximum Gasteiger partial charge on any atom is 0.374 e. The summed E-state index contributed by atoms with van der Waals surface area (Å²) in [4.78, 5) is 24.8. The number of esters is 2. The minimum absolute atomic E-state index is 0.177. The molecular weight excluding hydrogens is 320 g/mol. The Kier molecular flexibility index (Phi) is 9.97. The number of carbonyl (C=O) groups excluding carboxylic acids is 2. The molecule has 1 aromatic rings. The Morgan fingerprint density at radius 3 is 1.44 bits per heavy atom. The van der Waals surface area contributed by atoms with E-state index in [0.29, 0.717) is 26.1 Å². The highest BCUT2D eigenvalue weighted by atomic mass is 16.6. The molecule has 0 saturated heterocycles. The van der Waals surface area contributed by atoms with Crippen LogP contribution in [0.3, 0.4) is 0 Å². The first kappa shape index (κ1) is 21.3. The van der Waals surface area contributed by atoms with Crippen LogP contribution in [0.15, 0.2) is 4.42 Å². The lowest BCUT2D eigenvalue weighted by atomic mass is 9.98. The van der Waals surface area contributed by atoms with Crippen LogP contribution >= 0.6 is 0 Å². The van der Waals surface area contributed by atoms with Crippen LogP contribution in [0.25, 0.3) is 0 Å². The lowest BCUT2D eigenvalue weighted by Gasteiger charge is -2.06. The van der Waals surface area contributed by atoms with Crippen LogP contribution in [-0.2, 0) is 22.3 Å². The van der Waals surface area contributed by atoms with Crippen LogP contribution in [0.1, 0.15) is 98.5 Å². The standard InChI is InChI=1S/C20H32O5/c1-5-9-11-15-16(12-10-6-2)18(20(22)24-14-8-4)25-17(15)19(21)23-13-7-3/h5-14H2,1-4H3. The lowest BCUT2D eigenvalue weighted by molar-refractivity contribution is 0.0432. The third-order valence-corrected chi connectivity index (χ3v) is 3.92. The van der Waals surface area contributed by atoms with E-state index in [2.05, 4.69) is 13.8 Å². The van der Waals surface area contributed by atoms with Crippen LogP contribution in [-0.4, -0.2) is 25.2 Å². The number of hydrogen-bond donors (Lipinski definition) is 0. The van der Waals surface area contributed by atoms with E-state index >= 15 is 0 Å². The first-order chi connectivity index (χ1) is 12.1. The van der Waals surface area contributed by atoms with E-state index in [-0.39, 0.29) is 11.5 Å². The van der Waals surface area contributed by atoms with E-state index in [1.807, 2.05) is 13.8 Å². The zero-order valence-corrected chi connectivity index (χ0v) is 16.1. The molecule has 1 rings (SSSR count). The SMILES string of the molecule is CCCCc1c(C(=O)OCCC)oc(C(=O)OCCC)c1CCCC. The van der Waals surface area contributed by atoms with Crippen molar-refractivity contribution in [3.05, 3.63) is 22.6 Å². The van der Waals surface area contributed by atoms with Crippen LogP contribution in [0.5, 0.6) is 0 Å². The molecule has 25 heavy (non-hydrogen) atoms. The molecule has 0 fully saturated rings. The van der Waals surface area contributed by atoms with E-state index < -0.39 is 11.9 Å². The fourth-order valence-electron chi connectivity index (χ4n) is 2.59. The van der Waals surface area contributed by atoms with Gasteiger partial charge < -0.3 is 13.9 Å². The highest BCUT2D eigenvalue weighted by molar-refractivity contribution is 5.94. The first-order valence-corrected chi connectivity index (χ1v) is 9.59. The van der Waals surface area contributed by atoms with Gasteiger partial charge in [-0.2, -0.15) is 0 Å². The van der Waals surface area contributed by atoms with Crippen LogP contribution in [0, 0.1) is 0 Å². The molecule has 0 atom stereocenters. The third-order valence-electron chi connectivity index (χ3n) is 3.92. The molecule has 1 heterocycles. The van der Waals surface area contributed by atoms with Crippen molar-refractivity contribution in [3.63, 3.8) is 0 Å². The zero-order valence-electron chi connectivity index (χ0n) is 16.1. The molecule has 142 valence electrons. The van der Waals surface area contributed by atoms with Gasteiger partial charge in [0.15, 0.2) is 0 Å². The van der Waals surface area contributed by atoms with Gasteiger partial charge in [-0.3, -0.25) is 0 Å². The summed E-state index contributed by atoms with van der Waals surface area (Å²) >= 11 is 0. The molecule has 1 aromatic heterocycles. The van der Waals surface area contributed by atoms with E-state index in [4.69, 9.17) is 13.9 Å². The van der Waals surface area contributed by atoms with Crippen LogP contribution in [0.4, 0.5) is 0 Å². The van der Waals surface area contributed by atoms with E-state index in [1.54, 1.807) is 0 Å². The predicted octanol–water partition coefficient (Wildman–Crippen LogP) is 5.10. The Balaban J connectivity index is 3.25. The molecule has 0 aliphatic carbocycles. The second kappa shape index (κ2) is 11.7. The van der Waals surface area contributed by atoms with Gasteiger partial charge in [-0.25, -0.2) is 9.59 Å². The summed E-state index contributed by atoms with van der Waals surface area (Å²) in [6, 6.07) is 0. The summed E-state index contributed by atoms with van der Waals surface area (Å²) < 4.78 is 16.2. The van der Waals surface area contributed by atoms with Crippen molar-refractivity contribution >= 4 is 11.9 Å². The fourth-order valence-corrected chi connectivity index (χ4v) is 2.59. The summed E-state index contributed by atoms with van der Waals surface area (Å²) in [5, 5.41) is 0. The molecule has 5 nitrogen and oxygen atoms in total. The third kappa shape index (κ3) is 6.22. The Labute approximate surface area is 151 Å². The van der Waals surface area contributed by atoms with Gasteiger partial charge in [-0.05, 0) is 38.5 Å². The summed E-state index contributed by atoms with van der Waals surface area (Å²) in [6.45, 7) is 8.75. The normalized spacial score (nSPS) is 10.7. The predicted molar refractivity (Wildman–Crippen MR) is 97.1 cm³/mol. The smallest absolute Gasteiger partial charge is 0.374 e. The van der Waals surface area contributed by atoms with Gasteiger partial charge in [0.1, 0.15) is 0 Å². The van der Waals surface area contributed by atoms with E-state index in [1.165, 1.54) is 0 Å². The minimum atomic E-state index is -0.486. The van der Waals surface area contributed by atoms with Gasteiger partial charge in [0.25, 0.3) is 0 Å². The number of unbranched alkanes of at least 4 members (excludes halogenated alkanes) is 2. The molecule has 0 aliphatic rings. The van der Waals surface area contributed by atoms with Gasteiger partial charge in [-0.15, -0.1) is 0 Å². The molecule has 0 aromatic carbocycles. The van der Waals surface area contributed by atoms with Crippen molar-refractivity contribution in [2.45, 2.75) is 79.1 Å². The number of ether oxygens (including phenoxy) is 2. The van der Waals surface area contributed by atoms with Crippen molar-refractivity contribution < 1.29 is 23.5 Å². The second-order valence-corrected chi connectivity index (χ2v) is 6.20. The summed E-state index contributed by atoms with van der Waals surface area (Å²) in [5.41, 5.74) is 1.64. The summed E-state index contributed by atoms with van der Waals surface area (Å²) in [5.74, 6) is -0.617. The van der Waals surface area contributed by atoms with E-state index in [0.717, 1.165) is 49.7 Å². The van der Waals surface area contributed by atoms with Gasteiger partial charge in [0, 0.05) is 11.1 Å². The maximum absolute atomic E-state index is 12.4. The fraction of sp³-hybridized carbons (Fsp3) is 0.700. The Hall–Kier alpha value is -1.78. The van der Waals surface area contributed by atoms with Gasteiger partial charge in [-0.1, -0.05) is 40.5 Å². The summed E-state index contributed by atoms with van der Waals surface area (Å²) in [6.07, 6.45) is 6.74. The van der Waals surface area contributed by atoms with Crippen molar-refractivity contribution in [1.29, 1.82) is 0 Å². The number of carbonyl (C=O) groups is 2. The van der Waals surface area contributed by atoms with Crippen molar-refractivity contribution in [3.8, 4) is 0 Å².